The van der Waals surface area contributed by atoms with Gasteiger partial charge in [0.2, 0.25) is 0 Å². The molecule has 0 aliphatic carbocycles. The summed E-state index contributed by atoms with van der Waals surface area (Å²) < 4.78 is 5.49. The summed E-state index contributed by atoms with van der Waals surface area (Å²) >= 11 is 5.95. The summed E-state index contributed by atoms with van der Waals surface area (Å²) in [6.45, 7) is 10.5. The third-order valence-electron chi connectivity index (χ3n) is 2.23. The first-order chi connectivity index (χ1) is 8.49. The molecule has 0 fully saturated rings. The van der Waals surface area contributed by atoms with E-state index in [0.717, 1.165) is 24.8 Å². The van der Waals surface area contributed by atoms with Gasteiger partial charge in [-0.15, -0.1) is 0 Å². The average Bonchev–Trinajstić information content (AvgIpc) is 2.27. The van der Waals surface area contributed by atoms with Crippen LogP contribution in [0.5, 0.6) is 0 Å². The van der Waals surface area contributed by atoms with E-state index in [1.54, 1.807) is 6.07 Å². The lowest BCUT2D eigenvalue weighted by atomic mass is 10.2. The fourth-order valence-corrected chi connectivity index (χ4v) is 1.54. The van der Waals surface area contributed by atoms with Gasteiger partial charge in [-0.05, 0) is 5.92 Å². The predicted molar refractivity (Wildman–Crippen MR) is 75.3 cm³/mol. The summed E-state index contributed by atoms with van der Waals surface area (Å²) in [6.07, 6.45) is 0. The van der Waals surface area contributed by atoms with Crippen LogP contribution in [0.4, 0.5) is 5.82 Å². The zero-order chi connectivity index (χ0) is 13.5. The number of nitrogens with zero attached hydrogens (tertiary/aromatic N) is 2. The third kappa shape index (κ3) is 5.65. The quantitative estimate of drug-likeness (QED) is 0.610. The van der Waals surface area contributed by atoms with Crippen LogP contribution in [0.15, 0.2) is 6.07 Å². The number of aromatic nitrogens is 2. The molecule has 5 heteroatoms. The van der Waals surface area contributed by atoms with Crippen molar-refractivity contribution in [2.75, 3.05) is 25.1 Å². The smallest absolute Gasteiger partial charge is 0.135 e. The van der Waals surface area contributed by atoms with Crippen LogP contribution in [-0.4, -0.2) is 29.7 Å². The lowest BCUT2D eigenvalue weighted by Gasteiger charge is -2.10. The second-order valence-corrected chi connectivity index (χ2v) is 5.37. The van der Waals surface area contributed by atoms with E-state index in [1.165, 1.54) is 0 Å². The van der Waals surface area contributed by atoms with Crippen LogP contribution >= 0.6 is 11.6 Å². The molecule has 4 nitrogen and oxygen atoms in total. The molecule has 0 saturated carbocycles. The van der Waals surface area contributed by atoms with E-state index >= 15 is 0 Å². The molecular formula is C13H22ClN3O. The average molecular weight is 272 g/mol. The maximum atomic E-state index is 5.95. The molecule has 1 rings (SSSR count). The molecule has 0 aliphatic rings. The second-order valence-electron chi connectivity index (χ2n) is 4.98. The maximum Gasteiger partial charge on any atom is 0.135 e. The van der Waals surface area contributed by atoms with E-state index in [1.807, 2.05) is 13.8 Å². The van der Waals surface area contributed by atoms with Crippen LogP contribution in [0.1, 0.15) is 39.4 Å². The number of ether oxygens (including phenoxy) is 1. The van der Waals surface area contributed by atoms with Gasteiger partial charge in [0.1, 0.15) is 16.8 Å². The zero-order valence-electron chi connectivity index (χ0n) is 11.5. The number of nitrogens with one attached hydrogen (secondary N) is 1. The minimum atomic E-state index is 0.265. The van der Waals surface area contributed by atoms with Crippen molar-refractivity contribution in [2.45, 2.75) is 33.6 Å². The highest BCUT2D eigenvalue weighted by Gasteiger charge is 2.06. The third-order valence-corrected chi connectivity index (χ3v) is 2.43. The number of anilines is 1. The van der Waals surface area contributed by atoms with Gasteiger partial charge in [0.05, 0.1) is 6.61 Å². The van der Waals surface area contributed by atoms with E-state index in [-0.39, 0.29) is 5.92 Å². The van der Waals surface area contributed by atoms with Gasteiger partial charge < -0.3 is 10.1 Å². The van der Waals surface area contributed by atoms with Crippen LogP contribution in [0.25, 0.3) is 0 Å². The maximum absolute atomic E-state index is 5.95. The first-order valence-corrected chi connectivity index (χ1v) is 6.73. The molecule has 0 amide bonds. The molecule has 0 atom stereocenters. The predicted octanol–water partition coefficient (Wildman–Crippen LogP) is 3.34. The Morgan fingerprint density at radius 3 is 2.61 bits per heavy atom. The molecule has 18 heavy (non-hydrogen) atoms. The minimum Gasteiger partial charge on any atom is -0.379 e. The summed E-state index contributed by atoms with van der Waals surface area (Å²) in [5.41, 5.74) is 0. The summed E-state index contributed by atoms with van der Waals surface area (Å²) in [7, 11) is 0. The molecular weight excluding hydrogens is 250 g/mol. The van der Waals surface area contributed by atoms with Crippen molar-refractivity contribution in [1.29, 1.82) is 0 Å². The highest BCUT2D eigenvalue weighted by atomic mass is 35.5. The molecule has 1 aromatic heterocycles. The molecule has 0 aliphatic heterocycles. The molecule has 1 N–H and O–H groups in total. The first kappa shape index (κ1) is 15.2. The molecule has 0 saturated heterocycles. The monoisotopic (exact) mass is 271 g/mol. The molecule has 1 heterocycles. The van der Waals surface area contributed by atoms with Crippen molar-refractivity contribution in [3.8, 4) is 0 Å². The van der Waals surface area contributed by atoms with Crippen molar-refractivity contribution in [3.63, 3.8) is 0 Å². The van der Waals surface area contributed by atoms with Crippen LogP contribution in [-0.2, 0) is 4.74 Å². The van der Waals surface area contributed by atoms with Crippen molar-refractivity contribution in [1.82, 2.24) is 9.97 Å². The Kier molecular flexibility index (Phi) is 6.36. The van der Waals surface area contributed by atoms with E-state index in [0.29, 0.717) is 17.7 Å². The molecule has 0 aromatic carbocycles. The zero-order valence-corrected chi connectivity index (χ0v) is 12.3. The Balaban J connectivity index is 2.42. The number of hydrogen-bond acceptors (Lipinski definition) is 4. The SMILES string of the molecule is CC(C)COCCNc1cc(Cl)nc(C(C)C)n1. The Bertz CT molecular complexity index is 369. The van der Waals surface area contributed by atoms with Gasteiger partial charge in [-0.1, -0.05) is 39.3 Å². The fourth-order valence-electron chi connectivity index (χ4n) is 1.35. The van der Waals surface area contributed by atoms with E-state index < -0.39 is 0 Å². The number of halogens is 1. The number of rotatable bonds is 7. The van der Waals surface area contributed by atoms with Gasteiger partial charge >= 0.3 is 0 Å². The molecule has 102 valence electrons. The van der Waals surface area contributed by atoms with Gasteiger partial charge in [-0.25, -0.2) is 9.97 Å². The lowest BCUT2D eigenvalue weighted by Crippen LogP contribution is -2.13. The van der Waals surface area contributed by atoms with E-state index in [2.05, 4.69) is 29.1 Å². The largest absolute Gasteiger partial charge is 0.379 e. The second kappa shape index (κ2) is 7.54. The standard InChI is InChI=1S/C13H22ClN3O/c1-9(2)8-18-6-5-15-12-7-11(14)16-13(17-12)10(3)4/h7,9-10H,5-6,8H2,1-4H3,(H,15,16,17). The molecule has 1 aromatic rings. The topological polar surface area (TPSA) is 47.0 Å². The highest BCUT2D eigenvalue weighted by molar-refractivity contribution is 6.29. The molecule has 0 spiro atoms. The summed E-state index contributed by atoms with van der Waals surface area (Å²) in [5.74, 6) is 2.34. The Morgan fingerprint density at radius 2 is 2.00 bits per heavy atom. The van der Waals surface area contributed by atoms with Crippen molar-refractivity contribution in [3.05, 3.63) is 17.0 Å². The van der Waals surface area contributed by atoms with Gasteiger partial charge in [0.15, 0.2) is 0 Å². The molecule has 0 unspecified atom stereocenters. The molecule has 0 radical (unpaired) electrons. The first-order valence-electron chi connectivity index (χ1n) is 6.35. The van der Waals surface area contributed by atoms with E-state index in [9.17, 15) is 0 Å². The van der Waals surface area contributed by atoms with Crippen LogP contribution in [0.3, 0.4) is 0 Å². The van der Waals surface area contributed by atoms with E-state index in [4.69, 9.17) is 16.3 Å². The van der Waals surface area contributed by atoms with Gasteiger partial charge in [0.25, 0.3) is 0 Å². The normalized spacial score (nSPS) is 11.3. The lowest BCUT2D eigenvalue weighted by molar-refractivity contribution is 0.118. The molecule has 0 bridgehead atoms. The Labute approximate surface area is 114 Å². The summed E-state index contributed by atoms with van der Waals surface area (Å²) in [5, 5.41) is 3.67. The Hall–Kier alpha value is -0.870. The highest BCUT2D eigenvalue weighted by Crippen LogP contribution is 2.16. The van der Waals surface area contributed by atoms with Crippen LogP contribution in [0.2, 0.25) is 5.15 Å². The minimum absolute atomic E-state index is 0.265. The fraction of sp³-hybridized carbons (Fsp3) is 0.692. The summed E-state index contributed by atoms with van der Waals surface area (Å²) in [6, 6.07) is 1.73. The van der Waals surface area contributed by atoms with Gasteiger partial charge in [0, 0.05) is 25.1 Å². The summed E-state index contributed by atoms with van der Waals surface area (Å²) in [4.78, 5) is 8.59. The van der Waals surface area contributed by atoms with Crippen LogP contribution in [0, 0.1) is 5.92 Å². The number of hydrogen-bond donors (Lipinski definition) is 1. The van der Waals surface area contributed by atoms with Crippen molar-refractivity contribution < 1.29 is 4.74 Å². The van der Waals surface area contributed by atoms with Gasteiger partial charge in [-0.2, -0.15) is 0 Å². The van der Waals surface area contributed by atoms with Gasteiger partial charge in [-0.3, -0.25) is 0 Å². The van der Waals surface area contributed by atoms with Crippen molar-refractivity contribution >= 4 is 17.4 Å². The Morgan fingerprint density at radius 1 is 1.28 bits per heavy atom. The van der Waals surface area contributed by atoms with Crippen molar-refractivity contribution in [2.24, 2.45) is 5.92 Å². The van der Waals surface area contributed by atoms with Crippen LogP contribution < -0.4 is 5.32 Å².